The van der Waals surface area contributed by atoms with Gasteiger partial charge in [0.1, 0.15) is 0 Å². The lowest BCUT2D eigenvalue weighted by molar-refractivity contribution is -0.171. The summed E-state index contributed by atoms with van der Waals surface area (Å²) >= 11 is 0. The number of hydrogen-bond donors (Lipinski definition) is 2. The van der Waals surface area contributed by atoms with Gasteiger partial charge in [-0.25, -0.2) is 0 Å². The van der Waals surface area contributed by atoms with Gasteiger partial charge in [-0.2, -0.15) is 0 Å². The quantitative estimate of drug-likeness (QED) is 0.542. The number of likely N-dealkylation sites (tertiary alicyclic amines) is 1. The van der Waals surface area contributed by atoms with Crippen molar-refractivity contribution < 1.29 is 9.53 Å². The molecule has 2 heterocycles. The first-order valence-electron chi connectivity index (χ1n) is 11.1. The molecule has 3 unspecified atom stereocenters. The van der Waals surface area contributed by atoms with E-state index in [4.69, 9.17) is 9.73 Å². The number of rotatable bonds is 5. The van der Waals surface area contributed by atoms with Crippen LogP contribution in [0.5, 0.6) is 0 Å². The summed E-state index contributed by atoms with van der Waals surface area (Å²) in [7, 11) is 3.65. The van der Waals surface area contributed by atoms with Crippen LogP contribution in [0.3, 0.4) is 0 Å². The average Bonchev–Trinajstić information content (AvgIpc) is 3.05. The average molecular weight is 392 g/mol. The van der Waals surface area contributed by atoms with Crippen molar-refractivity contribution in [1.29, 1.82) is 0 Å². The highest BCUT2D eigenvalue weighted by Crippen LogP contribution is 2.62. The maximum absolute atomic E-state index is 11.9. The van der Waals surface area contributed by atoms with Crippen LogP contribution in [-0.4, -0.2) is 86.7 Å². The molecular weight excluding hydrogens is 354 g/mol. The third-order valence-corrected chi connectivity index (χ3v) is 7.43. The zero-order chi connectivity index (χ0) is 19.7. The maximum atomic E-state index is 11.9. The molecule has 0 radical (unpaired) electrons. The van der Waals surface area contributed by atoms with Crippen molar-refractivity contribution in [2.75, 3.05) is 46.9 Å². The largest absolute Gasteiger partial charge is 0.377 e. The SMILES string of the molecule is CCN=C(NC1CCN(CC(=O)N(C)C)CC1)NC1C2CCOC2C12CCC2. The third kappa shape index (κ3) is 3.63. The molecule has 4 aliphatic rings. The highest BCUT2D eigenvalue weighted by molar-refractivity contribution is 5.81. The molecule has 2 N–H and O–H groups in total. The molecule has 2 saturated heterocycles. The molecule has 4 rings (SSSR count). The summed E-state index contributed by atoms with van der Waals surface area (Å²) < 4.78 is 6.05. The number of guanidine groups is 1. The van der Waals surface area contributed by atoms with Gasteiger partial charge in [-0.15, -0.1) is 0 Å². The molecule has 2 aliphatic heterocycles. The lowest BCUT2D eigenvalue weighted by Crippen LogP contribution is -2.72. The van der Waals surface area contributed by atoms with Gasteiger partial charge in [-0.1, -0.05) is 6.42 Å². The molecule has 7 heteroatoms. The first-order chi connectivity index (χ1) is 13.5. The van der Waals surface area contributed by atoms with Crippen LogP contribution in [0.2, 0.25) is 0 Å². The van der Waals surface area contributed by atoms with Gasteiger partial charge in [-0.05, 0) is 39.0 Å². The number of hydrogen-bond acceptors (Lipinski definition) is 4. The van der Waals surface area contributed by atoms with E-state index in [0.29, 0.717) is 36.1 Å². The summed E-state index contributed by atoms with van der Waals surface area (Å²) in [6, 6.07) is 0.945. The van der Waals surface area contributed by atoms with Gasteiger partial charge in [0.15, 0.2) is 5.96 Å². The van der Waals surface area contributed by atoms with Crippen LogP contribution >= 0.6 is 0 Å². The number of carbonyl (C=O) groups excluding carboxylic acids is 1. The van der Waals surface area contributed by atoms with Crippen LogP contribution in [0.1, 0.15) is 45.4 Å². The number of piperidine rings is 1. The fourth-order valence-corrected chi connectivity index (χ4v) is 5.66. The Kier molecular flexibility index (Phi) is 5.83. The molecule has 3 atom stereocenters. The van der Waals surface area contributed by atoms with E-state index in [1.807, 2.05) is 14.1 Å². The Morgan fingerprint density at radius 2 is 1.96 bits per heavy atom. The number of nitrogens with one attached hydrogen (secondary N) is 2. The predicted molar refractivity (Wildman–Crippen MR) is 110 cm³/mol. The Bertz CT molecular complexity index is 596. The molecule has 2 aliphatic carbocycles. The van der Waals surface area contributed by atoms with Crippen molar-refractivity contribution in [1.82, 2.24) is 20.4 Å². The Labute approximate surface area is 169 Å². The van der Waals surface area contributed by atoms with Crippen molar-refractivity contribution >= 4 is 11.9 Å². The van der Waals surface area contributed by atoms with Gasteiger partial charge in [0.2, 0.25) is 5.91 Å². The molecule has 0 bridgehead atoms. The van der Waals surface area contributed by atoms with E-state index in [1.165, 1.54) is 25.7 Å². The first-order valence-corrected chi connectivity index (χ1v) is 11.1. The second-order valence-electron chi connectivity index (χ2n) is 9.26. The van der Waals surface area contributed by atoms with Crippen molar-refractivity contribution in [3.8, 4) is 0 Å². The van der Waals surface area contributed by atoms with Crippen LogP contribution in [0.4, 0.5) is 0 Å². The molecule has 4 fully saturated rings. The van der Waals surface area contributed by atoms with Crippen molar-refractivity contribution in [3.05, 3.63) is 0 Å². The topological polar surface area (TPSA) is 69.2 Å². The molecule has 0 aromatic rings. The van der Waals surface area contributed by atoms with Crippen LogP contribution in [0, 0.1) is 11.3 Å². The van der Waals surface area contributed by atoms with Crippen molar-refractivity contribution in [2.45, 2.75) is 63.6 Å². The summed E-state index contributed by atoms with van der Waals surface area (Å²) in [4.78, 5) is 20.6. The predicted octanol–water partition coefficient (Wildman–Crippen LogP) is 1.05. The third-order valence-electron chi connectivity index (χ3n) is 7.43. The van der Waals surface area contributed by atoms with E-state index in [0.717, 1.165) is 45.0 Å². The molecule has 28 heavy (non-hydrogen) atoms. The standard InChI is InChI=1S/C21H37N5O2/c1-4-22-20(23-15-6-11-26(12-7-15)14-17(27)25(2)3)24-18-16-8-13-28-19(16)21(18)9-5-10-21/h15-16,18-19H,4-14H2,1-3H3,(H2,22,23,24). The Balaban J connectivity index is 1.29. The van der Waals surface area contributed by atoms with E-state index < -0.39 is 0 Å². The summed E-state index contributed by atoms with van der Waals surface area (Å²) in [5.74, 6) is 1.82. The van der Waals surface area contributed by atoms with Crippen LogP contribution < -0.4 is 10.6 Å². The Morgan fingerprint density at radius 3 is 2.57 bits per heavy atom. The lowest BCUT2D eigenvalue weighted by atomic mass is 9.46. The summed E-state index contributed by atoms with van der Waals surface area (Å²) in [5, 5.41) is 7.50. The normalized spacial score (nSPS) is 32.4. The minimum Gasteiger partial charge on any atom is -0.377 e. The molecule has 158 valence electrons. The molecular formula is C21H37N5O2. The lowest BCUT2D eigenvalue weighted by Gasteiger charge is -2.63. The molecule has 1 amide bonds. The van der Waals surface area contributed by atoms with E-state index in [9.17, 15) is 4.79 Å². The number of nitrogens with zero attached hydrogens (tertiary/aromatic N) is 3. The smallest absolute Gasteiger partial charge is 0.236 e. The van der Waals surface area contributed by atoms with Gasteiger partial charge < -0.3 is 20.3 Å². The second kappa shape index (κ2) is 8.19. The van der Waals surface area contributed by atoms with E-state index in [1.54, 1.807) is 4.90 Å². The molecule has 2 saturated carbocycles. The number of fused-ring (bicyclic) bond motifs is 2. The molecule has 0 aromatic carbocycles. The van der Waals surface area contributed by atoms with Gasteiger partial charge in [-0.3, -0.25) is 14.7 Å². The zero-order valence-corrected chi connectivity index (χ0v) is 17.7. The summed E-state index contributed by atoms with van der Waals surface area (Å²) in [6.45, 7) is 6.26. The Morgan fingerprint density at radius 1 is 1.21 bits per heavy atom. The second-order valence-corrected chi connectivity index (χ2v) is 9.26. The number of aliphatic imine (C=N–C) groups is 1. The first kappa shape index (κ1) is 20.0. The fraction of sp³-hybridized carbons (Fsp3) is 0.905. The molecule has 7 nitrogen and oxygen atoms in total. The number of amides is 1. The highest BCUT2D eigenvalue weighted by Gasteiger charge is 2.66. The number of ether oxygens (including phenoxy) is 1. The number of likely N-dealkylation sites (N-methyl/N-ethyl adjacent to an activating group) is 1. The van der Waals surface area contributed by atoms with Crippen LogP contribution in [0.25, 0.3) is 0 Å². The highest BCUT2D eigenvalue weighted by atomic mass is 16.5. The summed E-state index contributed by atoms with van der Waals surface area (Å²) in [5.41, 5.74) is 0.368. The van der Waals surface area contributed by atoms with E-state index in [-0.39, 0.29) is 5.91 Å². The van der Waals surface area contributed by atoms with Gasteiger partial charge >= 0.3 is 0 Å². The van der Waals surface area contributed by atoms with Crippen molar-refractivity contribution in [2.24, 2.45) is 16.3 Å². The monoisotopic (exact) mass is 391 g/mol. The molecule has 0 aromatic heterocycles. The zero-order valence-electron chi connectivity index (χ0n) is 17.7. The van der Waals surface area contributed by atoms with E-state index >= 15 is 0 Å². The van der Waals surface area contributed by atoms with Crippen LogP contribution in [-0.2, 0) is 9.53 Å². The van der Waals surface area contributed by atoms with Gasteiger partial charge in [0.25, 0.3) is 0 Å². The Hall–Kier alpha value is -1.34. The van der Waals surface area contributed by atoms with Crippen LogP contribution in [0.15, 0.2) is 4.99 Å². The van der Waals surface area contributed by atoms with E-state index in [2.05, 4.69) is 22.5 Å². The summed E-state index contributed by atoms with van der Waals surface area (Å²) in [6.07, 6.45) is 7.70. The minimum atomic E-state index is 0.186. The maximum Gasteiger partial charge on any atom is 0.236 e. The fourth-order valence-electron chi connectivity index (χ4n) is 5.66. The van der Waals surface area contributed by atoms with Crippen molar-refractivity contribution in [3.63, 3.8) is 0 Å². The minimum absolute atomic E-state index is 0.186. The molecule has 1 spiro atoms. The number of carbonyl (C=O) groups is 1. The van der Waals surface area contributed by atoms with Gasteiger partial charge in [0.05, 0.1) is 12.6 Å². The van der Waals surface area contributed by atoms with Gasteiger partial charge in [0, 0.05) is 63.8 Å².